The Kier molecular flexibility index (Phi) is 4.50. The van der Waals surface area contributed by atoms with Gasteiger partial charge in [0.15, 0.2) is 0 Å². The molecule has 1 aliphatic carbocycles. The third kappa shape index (κ3) is 4.23. The van der Waals surface area contributed by atoms with Crippen LogP contribution in [0.5, 0.6) is 0 Å². The number of nitrogens with zero attached hydrogens (tertiary/aromatic N) is 2. The molecule has 1 aromatic rings. The van der Waals surface area contributed by atoms with Crippen LogP contribution in [0, 0.1) is 5.92 Å². The van der Waals surface area contributed by atoms with E-state index in [1.54, 1.807) is 0 Å². The molecule has 0 atom stereocenters. The molecule has 6 heteroatoms. The summed E-state index contributed by atoms with van der Waals surface area (Å²) in [5, 5.41) is 7.13. The van der Waals surface area contributed by atoms with Crippen molar-refractivity contribution < 1.29 is 13.2 Å². The fraction of sp³-hybridized carbons (Fsp3) is 0.769. The standard InChI is InChI=1S/C13H20F3N3/c1-10-2-4-12(5-3-10)17-6-7-19-9-11(8-18-19)13(14,15)16/h8-10,12,17H,2-7H2,1H3. The first-order valence-electron chi connectivity index (χ1n) is 6.78. The van der Waals surface area contributed by atoms with Crippen molar-refractivity contribution in [3.8, 4) is 0 Å². The molecule has 1 saturated carbocycles. The predicted molar refractivity (Wildman–Crippen MR) is 66.7 cm³/mol. The Bertz CT molecular complexity index is 392. The molecule has 0 aliphatic heterocycles. The molecule has 3 nitrogen and oxygen atoms in total. The van der Waals surface area contributed by atoms with Crippen LogP contribution in [0.15, 0.2) is 12.4 Å². The number of nitrogens with one attached hydrogen (secondary N) is 1. The molecule has 108 valence electrons. The molecule has 1 heterocycles. The van der Waals surface area contributed by atoms with Gasteiger partial charge in [0.1, 0.15) is 0 Å². The van der Waals surface area contributed by atoms with Gasteiger partial charge in [-0.2, -0.15) is 18.3 Å². The van der Waals surface area contributed by atoms with Crippen molar-refractivity contribution >= 4 is 0 Å². The predicted octanol–water partition coefficient (Wildman–Crippen LogP) is 3.07. The SMILES string of the molecule is CC1CCC(NCCn2cc(C(F)(F)F)cn2)CC1. The van der Waals surface area contributed by atoms with Crippen molar-refractivity contribution in [1.82, 2.24) is 15.1 Å². The molecule has 0 aromatic carbocycles. The zero-order chi connectivity index (χ0) is 13.9. The van der Waals surface area contributed by atoms with Gasteiger partial charge in [0, 0.05) is 18.8 Å². The van der Waals surface area contributed by atoms with Crippen LogP contribution in [-0.4, -0.2) is 22.4 Å². The summed E-state index contributed by atoms with van der Waals surface area (Å²) in [6.45, 7) is 3.40. The summed E-state index contributed by atoms with van der Waals surface area (Å²) in [6.07, 6.45) is 2.43. The summed E-state index contributed by atoms with van der Waals surface area (Å²) >= 11 is 0. The van der Waals surface area contributed by atoms with Gasteiger partial charge in [-0.1, -0.05) is 6.92 Å². The second-order valence-corrected chi connectivity index (χ2v) is 5.40. The van der Waals surface area contributed by atoms with Crippen molar-refractivity contribution in [1.29, 1.82) is 0 Å². The summed E-state index contributed by atoms with van der Waals surface area (Å²) < 4.78 is 38.5. The first kappa shape index (κ1) is 14.4. The third-order valence-corrected chi connectivity index (χ3v) is 3.75. The quantitative estimate of drug-likeness (QED) is 0.915. The van der Waals surface area contributed by atoms with Crippen LogP contribution in [0.1, 0.15) is 38.2 Å². The van der Waals surface area contributed by atoms with Crippen LogP contribution < -0.4 is 5.32 Å². The average Bonchev–Trinajstić information content (AvgIpc) is 2.80. The van der Waals surface area contributed by atoms with Gasteiger partial charge in [0.05, 0.1) is 18.3 Å². The van der Waals surface area contributed by atoms with E-state index in [0.717, 1.165) is 31.2 Å². The number of alkyl halides is 3. The molecule has 1 N–H and O–H groups in total. The molecular formula is C13H20F3N3. The highest BCUT2D eigenvalue weighted by molar-refractivity contribution is 5.08. The Morgan fingerprint density at radius 1 is 1.32 bits per heavy atom. The van der Waals surface area contributed by atoms with Crippen molar-refractivity contribution in [2.45, 2.75) is 51.4 Å². The molecule has 1 aromatic heterocycles. The van der Waals surface area contributed by atoms with E-state index in [4.69, 9.17) is 0 Å². The maximum Gasteiger partial charge on any atom is 0.419 e. The number of hydrogen-bond acceptors (Lipinski definition) is 2. The van der Waals surface area contributed by atoms with E-state index < -0.39 is 11.7 Å². The van der Waals surface area contributed by atoms with E-state index in [0.29, 0.717) is 19.1 Å². The molecule has 0 bridgehead atoms. The normalized spacial score (nSPS) is 24.6. The van der Waals surface area contributed by atoms with Crippen molar-refractivity contribution in [3.63, 3.8) is 0 Å². The molecule has 19 heavy (non-hydrogen) atoms. The maximum atomic E-state index is 12.4. The third-order valence-electron chi connectivity index (χ3n) is 3.75. The lowest BCUT2D eigenvalue weighted by Gasteiger charge is -2.27. The van der Waals surface area contributed by atoms with E-state index >= 15 is 0 Å². The van der Waals surface area contributed by atoms with Crippen LogP contribution >= 0.6 is 0 Å². The molecule has 2 rings (SSSR count). The van der Waals surface area contributed by atoms with Gasteiger partial charge in [0.25, 0.3) is 0 Å². The summed E-state index contributed by atoms with van der Waals surface area (Å²) in [5.74, 6) is 0.804. The summed E-state index contributed by atoms with van der Waals surface area (Å²) in [6, 6.07) is 0.508. The van der Waals surface area contributed by atoms with Crippen LogP contribution in [0.25, 0.3) is 0 Å². The second-order valence-electron chi connectivity index (χ2n) is 5.40. The van der Waals surface area contributed by atoms with E-state index in [-0.39, 0.29) is 0 Å². The van der Waals surface area contributed by atoms with Gasteiger partial charge in [-0.15, -0.1) is 0 Å². The van der Waals surface area contributed by atoms with Crippen LogP contribution in [0.2, 0.25) is 0 Å². The Morgan fingerprint density at radius 2 is 2.00 bits per heavy atom. The van der Waals surface area contributed by atoms with Gasteiger partial charge in [-0.05, 0) is 31.6 Å². The Morgan fingerprint density at radius 3 is 2.58 bits per heavy atom. The largest absolute Gasteiger partial charge is 0.419 e. The minimum absolute atomic E-state index is 0.474. The van der Waals surface area contributed by atoms with E-state index in [2.05, 4.69) is 17.3 Å². The fourth-order valence-electron chi connectivity index (χ4n) is 2.48. The van der Waals surface area contributed by atoms with Crippen molar-refractivity contribution in [3.05, 3.63) is 18.0 Å². The van der Waals surface area contributed by atoms with Gasteiger partial charge < -0.3 is 5.32 Å². The first-order valence-corrected chi connectivity index (χ1v) is 6.78. The molecule has 1 fully saturated rings. The van der Waals surface area contributed by atoms with Crippen LogP contribution in [-0.2, 0) is 12.7 Å². The van der Waals surface area contributed by atoms with Crippen molar-refractivity contribution in [2.24, 2.45) is 5.92 Å². The minimum atomic E-state index is -4.30. The molecule has 0 unspecified atom stereocenters. The van der Waals surface area contributed by atoms with Crippen LogP contribution in [0.4, 0.5) is 13.2 Å². The molecule has 0 spiro atoms. The average molecular weight is 275 g/mol. The Balaban J connectivity index is 1.72. The Hall–Kier alpha value is -1.04. The minimum Gasteiger partial charge on any atom is -0.312 e. The smallest absolute Gasteiger partial charge is 0.312 e. The lowest BCUT2D eigenvalue weighted by molar-refractivity contribution is -0.137. The lowest BCUT2D eigenvalue weighted by atomic mass is 9.87. The summed E-state index contributed by atoms with van der Waals surface area (Å²) in [7, 11) is 0. The van der Waals surface area contributed by atoms with E-state index in [9.17, 15) is 13.2 Å². The van der Waals surface area contributed by atoms with E-state index in [1.807, 2.05) is 0 Å². The molecule has 0 saturated heterocycles. The van der Waals surface area contributed by atoms with Gasteiger partial charge in [-0.25, -0.2) is 0 Å². The lowest BCUT2D eigenvalue weighted by Crippen LogP contribution is -2.34. The second kappa shape index (κ2) is 5.94. The van der Waals surface area contributed by atoms with Gasteiger partial charge >= 0.3 is 6.18 Å². The molecular weight excluding hydrogens is 255 g/mol. The topological polar surface area (TPSA) is 29.9 Å². The monoisotopic (exact) mass is 275 g/mol. The highest BCUT2D eigenvalue weighted by atomic mass is 19.4. The summed E-state index contributed by atoms with van der Waals surface area (Å²) in [4.78, 5) is 0. The van der Waals surface area contributed by atoms with Crippen molar-refractivity contribution in [2.75, 3.05) is 6.54 Å². The maximum absolute atomic E-state index is 12.4. The van der Waals surface area contributed by atoms with Gasteiger partial charge in [0.2, 0.25) is 0 Å². The highest BCUT2D eigenvalue weighted by Crippen LogP contribution is 2.28. The molecule has 0 radical (unpaired) electrons. The van der Waals surface area contributed by atoms with Crippen LogP contribution in [0.3, 0.4) is 0 Å². The fourth-order valence-corrected chi connectivity index (χ4v) is 2.48. The zero-order valence-electron chi connectivity index (χ0n) is 11.1. The number of rotatable bonds is 4. The Labute approximate surface area is 111 Å². The number of halogens is 3. The molecule has 1 aliphatic rings. The molecule has 0 amide bonds. The van der Waals surface area contributed by atoms with Gasteiger partial charge in [-0.3, -0.25) is 4.68 Å². The number of hydrogen-bond donors (Lipinski definition) is 1. The number of aromatic nitrogens is 2. The summed E-state index contributed by atoms with van der Waals surface area (Å²) in [5.41, 5.74) is -0.681. The van der Waals surface area contributed by atoms with E-state index in [1.165, 1.54) is 17.5 Å². The zero-order valence-corrected chi connectivity index (χ0v) is 11.1. The first-order chi connectivity index (χ1) is 8.95. The highest BCUT2D eigenvalue weighted by Gasteiger charge is 2.32.